The highest BCUT2D eigenvalue weighted by Gasteiger charge is 2.14. The highest BCUT2D eigenvalue weighted by Crippen LogP contribution is 2.15. The van der Waals surface area contributed by atoms with Gasteiger partial charge in [-0.2, -0.15) is 0 Å². The van der Waals surface area contributed by atoms with Crippen molar-refractivity contribution in [3.05, 3.63) is 29.8 Å². The second-order valence-corrected chi connectivity index (χ2v) is 5.37. The summed E-state index contributed by atoms with van der Waals surface area (Å²) in [5, 5.41) is 2.82. The Balaban J connectivity index is 2.56. The van der Waals surface area contributed by atoms with Gasteiger partial charge >= 0.3 is 5.97 Å². The average Bonchev–Trinajstić information content (AvgIpc) is 2.46. The largest absolute Gasteiger partial charge is 0.465 e. The quantitative estimate of drug-likeness (QED) is 0.757. The third-order valence-corrected chi connectivity index (χ3v) is 3.30. The number of anilines is 1. The molecule has 5 nitrogen and oxygen atoms in total. The number of nitrogens with two attached hydrogens (primary N) is 1. The van der Waals surface area contributed by atoms with E-state index in [1.807, 2.05) is 13.8 Å². The lowest BCUT2D eigenvalue weighted by Crippen LogP contribution is -2.21. The Morgan fingerprint density at radius 1 is 1.29 bits per heavy atom. The minimum absolute atomic E-state index is 0.0540. The molecule has 1 amide bonds. The molecule has 0 aliphatic carbocycles. The molecule has 2 unspecified atom stereocenters. The first kappa shape index (κ1) is 17.2. The number of hydrogen-bond donors (Lipinski definition) is 2. The summed E-state index contributed by atoms with van der Waals surface area (Å²) in [6.45, 7) is 3.85. The van der Waals surface area contributed by atoms with E-state index in [1.165, 1.54) is 7.11 Å². The lowest BCUT2D eigenvalue weighted by atomic mass is 10.0. The molecule has 0 bridgehead atoms. The number of benzene rings is 1. The summed E-state index contributed by atoms with van der Waals surface area (Å²) < 4.78 is 4.66. The van der Waals surface area contributed by atoms with Crippen LogP contribution in [0.3, 0.4) is 0 Å². The van der Waals surface area contributed by atoms with Crippen molar-refractivity contribution in [3.8, 4) is 0 Å². The Labute approximate surface area is 125 Å². The van der Waals surface area contributed by atoms with Crippen LogP contribution in [0, 0.1) is 5.92 Å². The fourth-order valence-electron chi connectivity index (χ4n) is 1.98. The van der Waals surface area contributed by atoms with Crippen molar-refractivity contribution in [1.82, 2.24) is 0 Å². The Morgan fingerprint density at radius 2 is 2.00 bits per heavy atom. The van der Waals surface area contributed by atoms with Crippen LogP contribution in [0.1, 0.15) is 43.5 Å². The molecule has 1 aromatic carbocycles. The van der Waals surface area contributed by atoms with Gasteiger partial charge in [0.15, 0.2) is 0 Å². The molecule has 5 heteroatoms. The van der Waals surface area contributed by atoms with E-state index in [0.717, 1.165) is 19.3 Å². The van der Waals surface area contributed by atoms with E-state index in [9.17, 15) is 9.59 Å². The van der Waals surface area contributed by atoms with Gasteiger partial charge in [0.05, 0.1) is 12.7 Å². The van der Waals surface area contributed by atoms with Gasteiger partial charge in [-0.15, -0.1) is 0 Å². The second-order valence-electron chi connectivity index (χ2n) is 5.37. The maximum Gasteiger partial charge on any atom is 0.337 e. The Hall–Kier alpha value is -1.88. The van der Waals surface area contributed by atoms with E-state index in [2.05, 4.69) is 10.1 Å². The Bertz CT molecular complexity index is 486. The van der Waals surface area contributed by atoms with E-state index in [-0.39, 0.29) is 17.9 Å². The minimum Gasteiger partial charge on any atom is -0.465 e. The summed E-state index contributed by atoms with van der Waals surface area (Å²) in [5.74, 6) is -0.566. The van der Waals surface area contributed by atoms with Gasteiger partial charge in [-0.05, 0) is 38.0 Å². The predicted molar refractivity (Wildman–Crippen MR) is 83.1 cm³/mol. The fraction of sp³-hybridized carbons (Fsp3) is 0.500. The number of carbonyl (C=O) groups is 2. The fourth-order valence-corrected chi connectivity index (χ4v) is 1.98. The summed E-state index contributed by atoms with van der Waals surface area (Å²) in [5.41, 5.74) is 6.71. The lowest BCUT2D eigenvalue weighted by Gasteiger charge is -2.13. The van der Waals surface area contributed by atoms with Crippen LogP contribution < -0.4 is 11.1 Å². The smallest absolute Gasteiger partial charge is 0.337 e. The second kappa shape index (κ2) is 8.42. The zero-order chi connectivity index (χ0) is 15.8. The minimum atomic E-state index is -0.420. The van der Waals surface area contributed by atoms with Gasteiger partial charge in [0.1, 0.15) is 0 Å². The number of rotatable bonds is 7. The summed E-state index contributed by atoms with van der Waals surface area (Å²) in [4.78, 5) is 23.5. The number of nitrogens with one attached hydrogen (secondary N) is 1. The van der Waals surface area contributed by atoms with Gasteiger partial charge in [-0.25, -0.2) is 4.79 Å². The Kier molecular flexibility index (Phi) is 6.88. The molecule has 2 atom stereocenters. The lowest BCUT2D eigenvalue weighted by molar-refractivity contribution is -0.119. The van der Waals surface area contributed by atoms with Crippen LogP contribution in [0.25, 0.3) is 0 Å². The van der Waals surface area contributed by atoms with Crippen molar-refractivity contribution in [1.29, 1.82) is 0 Å². The Morgan fingerprint density at radius 3 is 2.62 bits per heavy atom. The maximum absolute atomic E-state index is 12.1. The van der Waals surface area contributed by atoms with E-state index < -0.39 is 5.97 Å². The van der Waals surface area contributed by atoms with Crippen molar-refractivity contribution in [2.24, 2.45) is 11.7 Å². The summed E-state index contributed by atoms with van der Waals surface area (Å²) in [7, 11) is 1.33. The monoisotopic (exact) mass is 292 g/mol. The van der Waals surface area contributed by atoms with Crippen molar-refractivity contribution in [3.63, 3.8) is 0 Å². The van der Waals surface area contributed by atoms with Crippen molar-refractivity contribution >= 4 is 17.6 Å². The molecule has 3 N–H and O–H groups in total. The van der Waals surface area contributed by atoms with Gasteiger partial charge in [0, 0.05) is 17.6 Å². The normalized spacial score (nSPS) is 13.3. The molecule has 0 aliphatic heterocycles. The third kappa shape index (κ3) is 5.95. The first-order valence-corrected chi connectivity index (χ1v) is 7.19. The van der Waals surface area contributed by atoms with Crippen LogP contribution in [0.5, 0.6) is 0 Å². The molecule has 0 spiro atoms. The number of esters is 1. The molecular weight excluding hydrogens is 268 g/mol. The van der Waals surface area contributed by atoms with Gasteiger partial charge in [-0.3, -0.25) is 4.79 Å². The molecule has 0 radical (unpaired) electrons. The van der Waals surface area contributed by atoms with E-state index in [4.69, 9.17) is 5.73 Å². The maximum atomic E-state index is 12.1. The van der Waals surface area contributed by atoms with Crippen LogP contribution in [-0.4, -0.2) is 25.0 Å². The van der Waals surface area contributed by atoms with Crippen LogP contribution in [0.2, 0.25) is 0 Å². The number of amides is 1. The topological polar surface area (TPSA) is 81.4 Å². The molecule has 0 aliphatic rings. The summed E-state index contributed by atoms with van der Waals surface area (Å²) >= 11 is 0. The molecule has 21 heavy (non-hydrogen) atoms. The first-order valence-electron chi connectivity index (χ1n) is 7.19. The molecule has 1 aromatic rings. The molecule has 116 valence electrons. The van der Waals surface area contributed by atoms with Crippen LogP contribution in [-0.2, 0) is 9.53 Å². The van der Waals surface area contributed by atoms with Crippen LogP contribution >= 0.6 is 0 Å². The summed E-state index contributed by atoms with van der Waals surface area (Å²) in [6, 6.07) is 6.88. The highest BCUT2D eigenvalue weighted by atomic mass is 16.5. The van der Waals surface area contributed by atoms with Gasteiger partial charge < -0.3 is 15.8 Å². The zero-order valence-corrected chi connectivity index (χ0v) is 12.9. The molecule has 0 saturated heterocycles. The van der Waals surface area contributed by atoms with Gasteiger partial charge in [0.25, 0.3) is 0 Å². The van der Waals surface area contributed by atoms with Crippen molar-refractivity contribution in [2.45, 2.75) is 39.2 Å². The number of methoxy groups -OCH3 is 1. The number of hydrogen-bond acceptors (Lipinski definition) is 4. The molecule has 0 heterocycles. The molecule has 1 rings (SSSR count). The molecule has 0 fully saturated rings. The molecule has 0 aromatic heterocycles. The summed E-state index contributed by atoms with van der Waals surface area (Å²) in [6.07, 6.45) is 2.63. The third-order valence-electron chi connectivity index (χ3n) is 3.30. The molecular formula is C16H24N2O3. The SMILES string of the molecule is COC(=O)c1cccc(NC(=O)C(C)CCCC(C)N)c1. The van der Waals surface area contributed by atoms with Gasteiger partial charge in [-0.1, -0.05) is 19.4 Å². The standard InChI is InChI=1S/C16H24N2O3/c1-11(6-4-7-12(2)17)15(19)18-14-9-5-8-13(10-14)16(20)21-3/h5,8-12H,4,6-7,17H2,1-3H3,(H,18,19). The van der Waals surface area contributed by atoms with Crippen LogP contribution in [0.4, 0.5) is 5.69 Å². The number of carbonyl (C=O) groups excluding carboxylic acids is 2. The van der Waals surface area contributed by atoms with Crippen molar-refractivity contribution in [2.75, 3.05) is 12.4 Å². The van der Waals surface area contributed by atoms with Crippen molar-refractivity contribution < 1.29 is 14.3 Å². The van der Waals surface area contributed by atoms with Crippen LogP contribution in [0.15, 0.2) is 24.3 Å². The first-order chi connectivity index (χ1) is 9.93. The van der Waals surface area contributed by atoms with E-state index >= 15 is 0 Å². The van der Waals surface area contributed by atoms with Gasteiger partial charge in [0.2, 0.25) is 5.91 Å². The van der Waals surface area contributed by atoms with E-state index in [1.54, 1.807) is 24.3 Å². The zero-order valence-electron chi connectivity index (χ0n) is 12.9. The average molecular weight is 292 g/mol. The molecule has 0 saturated carbocycles. The highest BCUT2D eigenvalue weighted by molar-refractivity contribution is 5.95. The predicted octanol–water partition coefficient (Wildman–Crippen LogP) is 2.57. The number of ether oxygens (including phenoxy) is 1. The van der Waals surface area contributed by atoms with E-state index in [0.29, 0.717) is 11.3 Å².